The van der Waals surface area contributed by atoms with Gasteiger partial charge >= 0.3 is 12.1 Å². The van der Waals surface area contributed by atoms with Crippen molar-refractivity contribution in [3.63, 3.8) is 0 Å². The second-order valence-corrected chi connectivity index (χ2v) is 3.75. The maximum absolute atomic E-state index is 12.8. The summed E-state index contributed by atoms with van der Waals surface area (Å²) in [4.78, 5) is 22.8. The molecule has 18 heavy (non-hydrogen) atoms. The van der Waals surface area contributed by atoms with Gasteiger partial charge in [0.1, 0.15) is 11.9 Å². The average molecular weight is 253 g/mol. The van der Waals surface area contributed by atoms with Crippen LogP contribution in [0.25, 0.3) is 0 Å². The number of hydrogen-bond donors (Lipinski definition) is 1. The molecule has 1 fully saturated rings. The summed E-state index contributed by atoms with van der Waals surface area (Å²) in [7, 11) is 0. The third-order valence-electron chi connectivity index (χ3n) is 2.56. The first kappa shape index (κ1) is 12.3. The molecule has 1 amide bonds. The number of esters is 1. The maximum atomic E-state index is 12.8. The van der Waals surface area contributed by atoms with Gasteiger partial charge in [-0.2, -0.15) is 0 Å². The van der Waals surface area contributed by atoms with E-state index in [1.165, 1.54) is 24.3 Å². The number of hydrogen-bond acceptors (Lipinski definition) is 4. The lowest BCUT2D eigenvalue weighted by atomic mass is 10.0. The van der Waals surface area contributed by atoms with E-state index >= 15 is 0 Å². The summed E-state index contributed by atoms with van der Waals surface area (Å²) in [6.07, 6.45) is -1.73. The van der Waals surface area contributed by atoms with Crippen molar-refractivity contribution < 1.29 is 23.5 Å². The summed E-state index contributed by atoms with van der Waals surface area (Å²) >= 11 is 0. The molecule has 0 aromatic heterocycles. The Balaban J connectivity index is 2.21. The highest BCUT2D eigenvalue weighted by molar-refractivity contribution is 5.83. The molecule has 1 saturated heterocycles. The number of ether oxygens (including phenoxy) is 2. The molecule has 6 heteroatoms. The fourth-order valence-corrected chi connectivity index (χ4v) is 1.76. The topological polar surface area (TPSA) is 64.6 Å². The zero-order valence-corrected chi connectivity index (χ0v) is 9.68. The van der Waals surface area contributed by atoms with Crippen LogP contribution in [0.4, 0.5) is 9.18 Å². The zero-order valence-electron chi connectivity index (χ0n) is 9.68. The normalized spacial score (nSPS) is 22.2. The van der Waals surface area contributed by atoms with Crippen molar-refractivity contribution in [2.24, 2.45) is 0 Å². The van der Waals surface area contributed by atoms with Crippen molar-refractivity contribution in [1.82, 2.24) is 5.32 Å². The van der Waals surface area contributed by atoms with Crippen molar-refractivity contribution in [1.29, 1.82) is 0 Å². The van der Waals surface area contributed by atoms with Crippen LogP contribution in [0.5, 0.6) is 0 Å². The van der Waals surface area contributed by atoms with Gasteiger partial charge in [-0.1, -0.05) is 12.1 Å². The fourth-order valence-electron chi connectivity index (χ4n) is 1.76. The third-order valence-corrected chi connectivity index (χ3v) is 2.56. The molecule has 1 heterocycles. The predicted molar refractivity (Wildman–Crippen MR) is 59.2 cm³/mol. The van der Waals surface area contributed by atoms with Gasteiger partial charge < -0.3 is 14.8 Å². The van der Waals surface area contributed by atoms with Gasteiger partial charge in [-0.25, -0.2) is 14.0 Å². The van der Waals surface area contributed by atoms with Crippen LogP contribution >= 0.6 is 0 Å². The SMILES string of the molecule is CCOC(=O)C1OC(=O)NC1c1ccc(F)cc1. The summed E-state index contributed by atoms with van der Waals surface area (Å²) in [5, 5.41) is 2.49. The Morgan fingerprint density at radius 2 is 2.11 bits per heavy atom. The second-order valence-electron chi connectivity index (χ2n) is 3.75. The van der Waals surface area contributed by atoms with Gasteiger partial charge in [0.2, 0.25) is 6.10 Å². The van der Waals surface area contributed by atoms with Crippen LogP contribution in [0.2, 0.25) is 0 Å². The van der Waals surface area contributed by atoms with Crippen LogP contribution in [0.3, 0.4) is 0 Å². The molecule has 0 spiro atoms. The number of rotatable bonds is 3. The minimum Gasteiger partial charge on any atom is -0.463 e. The Hall–Kier alpha value is -2.11. The highest BCUT2D eigenvalue weighted by Crippen LogP contribution is 2.25. The Morgan fingerprint density at radius 1 is 1.44 bits per heavy atom. The van der Waals surface area contributed by atoms with Gasteiger partial charge in [0.05, 0.1) is 6.61 Å². The van der Waals surface area contributed by atoms with Crippen LogP contribution in [-0.4, -0.2) is 24.8 Å². The Kier molecular flexibility index (Phi) is 3.45. The molecule has 1 aromatic rings. The number of alkyl carbamates (subject to hydrolysis) is 1. The minimum absolute atomic E-state index is 0.197. The maximum Gasteiger partial charge on any atom is 0.408 e. The molecular formula is C12H12FNO4. The van der Waals surface area contributed by atoms with Crippen molar-refractivity contribution >= 4 is 12.1 Å². The van der Waals surface area contributed by atoms with E-state index in [4.69, 9.17) is 9.47 Å². The van der Waals surface area contributed by atoms with Crippen LogP contribution in [0.15, 0.2) is 24.3 Å². The van der Waals surface area contributed by atoms with E-state index in [9.17, 15) is 14.0 Å². The van der Waals surface area contributed by atoms with E-state index in [-0.39, 0.29) is 6.61 Å². The van der Waals surface area contributed by atoms with E-state index in [1.807, 2.05) is 0 Å². The van der Waals surface area contributed by atoms with E-state index in [0.717, 1.165) is 0 Å². The number of carbonyl (C=O) groups excluding carboxylic acids is 2. The standard InChI is InChI=1S/C12H12FNO4/c1-2-17-11(15)10-9(14-12(16)18-10)7-3-5-8(13)6-4-7/h3-6,9-10H,2H2,1H3,(H,14,16). The molecule has 96 valence electrons. The number of cyclic esters (lactones) is 1. The lowest BCUT2D eigenvalue weighted by molar-refractivity contribution is -0.152. The second kappa shape index (κ2) is 5.03. The molecule has 2 atom stereocenters. The van der Waals surface area contributed by atoms with Crippen LogP contribution in [0.1, 0.15) is 18.5 Å². The molecule has 1 aliphatic heterocycles. The number of nitrogens with one attached hydrogen (secondary N) is 1. The third kappa shape index (κ3) is 2.42. The highest BCUT2D eigenvalue weighted by atomic mass is 19.1. The Bertz CT molecular complexity index is 460. The lowest BCUT2D eigenvalue weighted by Gasteiger charge is -2.15. The van der Waals surface area contributed by atoms with E-state index in [2.05, 4.69) is 5.32 Å². The minimum atomic E-state index is -1.04. The molecule has 0 saturated carbocycles. The summed E-state index contributed by atoms with van der Waals surface area (Å²) in [6, 6.07) is 4.82. The number of amides is 1. The van der Waals surface area contributed by atoms with Gasteiger partial charge in [-0.05, 0) is 24.6 Å². The summed E-state index contributed by atoms with van der Waals surface area (Å²) in [5.41, 5.74) is 0.584. The molecule has 1 aliphatic rings. The van der Waals surface area contributed by atoms with Gasteiger partial charge in [0.25, 0.3) is 0 Å². The average Bonchev–Trinajstić information content (AvgIpc) is 2.73. The Morgan fingerprint density at radius 3 is 2.72 bits per heavy atom. The molecule has 2 unspecified atom stereocenters. The number of halogens is 1. The van der Waals surface area contributed by atoms with E-state index in [0.29, 0.717) is 5.56 Å². The van der Waals surface area contributed by atoms with Gasteiger partial charge in [0, 0.05) is 0 Å². The molecule has 5 nitrogen and oxygen atoms in total. The molecule has 2 rings (SSSR count). The smallest absolute Gasteiger partial charge is 0.408 e. The molecule has 0 radical (unpaired) electrons. The van der Waals surface area contributed by atoms with Crippen molar-refractivity contribution in [2.45, 2.75) is 19.1 Å². The first-order chi connectivity index (χ1) is 8.61. The van der Waals surface area contributed by atoms with Gasteiger partial charge in [-0.3, -0.25) is 0 Å². The van der Waals surface area contributed by atoms with Gasteiger partial charge in [0.15, 0.2) is 0 Å². The summed E-state index contributed by atoms with van der Waals surface area (Å²) in [5.74, 6) is -1.01. The van der Waals surface area contributed by atoms with Gasteiger partial charge in [-0.15, -0.1) is 0 Å². The summed E-state index contributed by atoms with van der Waals surface area (Å²) < 4.78 is 22.5. The largest absolute Gasteiger partial charge is 0.463 e. The summed E-state index contributed by atoms with van der Waals surface area (Å²) in [6.45, 7) is 1.86. The molecule has 0 aliphatic carbocycles. The first-order valence-corrected chi connectivity index (χ1v) is 5.51. The predicted octanol–water partition coefficient (Wildman–Crippen LogP) is 1.54. The molecule has 1 aromatic carbocycles. The number of carbonyl (C=O) groups is 2. The van der Waals surface area contributed by atoms with Crippen LogP contribution < -0.4 is 5.32 Å². The highest BCUT2D eigenvalue weighted by Gasteiger charge is 2.41. The van der Waals surface area contributed by atoms with E-state index in [1.54, 1.807) is 6.92 Å². The van der Waals surface area contributed by atoms with Crippen molar-refractivity contribution in [3.05, 3.63) is 35.6 Å². The Labute approximate surface area is 103 Å². The molecule has 0 bridgehead atoms. The van der Waals surface area contributed by atoms with Crippen LogP contribution in [0, 0.1) is 5.82 Å². The quantitative estimate of drug-likeness (QED) is 0.830. The zero-order chi connectivity index (χ0) is 13.1. The van der Waals surface area contributed by atoms with Crippen molar-refractivity contribution in [2.75, 3.05) is 6.61 Å². The van der Waals surface area contributed by atoms with Crippen molar-refractivity contribution in [3.8, 4) is 0 Å². The fraction of sp³-hybridized carbons (Fsp3) is 0.333. The number of benzene rings is 1. The lowest BCUT2D eigenvalue weighted by Crippen LogP contribution is -2.30. The molecule has 1 N–H and O–H groups in total. The molecular weight excluding hydrogens is 241 g/mol. The van der Waals surface area contributed by atoms with Crippen LogP contribution in [-0.2, 0) is 14.3 Å². The van der Waals surface area contributed by atoms with E-state index < -0.39 is 30.0 Å². The monoisotopic (exact) mass is 253 g/mol. The first-order valence-electron chi connectivity index (χ1n) is 5.51.